The summed E-state index contributed by atoms with van der Waals surface area (Å²) in [5.74, 6) is 0. The molecule has 0 heterocycles. The quantitative estimate of drug-likeness (QED) is 0.457. The van der Waals surface area contributed by atoms with Crippen LogP contribution in [0.3, 0.4) is 0 Å². The molecule has 0 saturated carbocycles. The van der Waals surface area contributed by atoms with Crippen LogP contribution in [0.5, 0.6) is 0 Å². The molecule has 0 aliphatic heterocycles. The van der Waals surface area contributed by atoms with Crippen LogP contribution in [-0.2, 0) is 0 Å². The van der Waals surface area contributed by atoms with E-state index in [-0.39, 0.29) is 0 Å². The third kappa shape index (κ3) is 126. The van der Waals surface area contributed by atoms with Crippen molar-refractivity contribution in [2.75, 3.05) is 0 Å². The maximum atomic E-state index is 3.48. The van der Waals surface area contributed by atoms with Gasteiger partial charge in [0.2, 0.25) is 0 Å². The summed E-state index contributed by atoms with van der Waals surface area (Å²) in [5.41, 5.74) is 0. The third-order valence-electron chi connectivity index (χ3n) is 0.940. The van der Waals surface area contributed by atoms with Crippen molar-refractivity contribution in [3.8, 4) is 0 Å². The molecule has 0 unspecified atom stereocenters. The van der Waals surface area contributed by atoms with E-state index in [0.29, 0.717) is 0 Å². The lowest BCUT2D eigenvalue weighted by Crippen LogP contribution is -1.57. The number of hydrogen-bond acceptors (Lipinski definition) is 0. The summed E-state index contributed by atoms with van der Waals surface area (Å²) in [7, 11) is 0. The Morgan fingerprint density at radius 2 is 1.24 bits per heavy atom. The first-order valence-corrected chi connectivity index (χ1v) is 7.85. The first-order chi connectivity index (χ1) is 8.14. The van der Waals surface area contributed by atoms with Crippen LogP contribution in [0.4, 0.5) is 0 Å². The Kier molecular flexibility index (Phi) is 100. The first kappa shape index (κ1) is 30.2. The minimum absolute atomic E-state index is 1.08. The number of rotatable bonds is 2. The zero-order valence-electron chi connectivity index (χ0n) is 13.9. The van der Waals surface area contributed by atoms with Crippen LogP contribution in [-0.4, -0.2) is 0 Å². The molecule has 0 saturated heterocycles. The molecule has 0 spiro atoms. The SMILES string of the molecule is C/C=C(/Br)CC.C=CCC.CC.CC.CCC. The zero-order chi connectivity index (χ0) is 15.1. The van der Waals surface area contributed by atoms with Crippen LogP contribution in [0, 0.1) is 0 Å². The Labute approximate surface area is 121 Å². The van der Waals surface area contributed by atoms with Gasteiger partial charge in [0, 0.05) is 0 Å². The van der Waals surface area contributed by atoms with E-state index < -0.39 is 0 Å². The van der Waals surface area contributed by atoms with Crippen molar-refractivity contribution in [3.63, 3.8) is 0 Å². The smallest absolute Gasteiger partial charge is 0.00947 e. The fourth-order valence-electron chi connectivity index (χ4n) is 0.204. The van der Waals surface area contributed by atoms with Gasteiger partial charge < -0.3 is 0 Å². The minimum atomic E-state index is 1.08. The van der Waals surface area contributed by atoms with E-state index in [2.05, 4.69) is 56.3 Å². The molecule has 17 heavy (non-hydrogen) atoms. The number of hydrogen-bond donors (Lipinski definition) is 0. The summed E-state index contributed by atoms with van der Waals surface area (Å²) in [5, 5.41) is 0. The average Bonchev–Trinajstić information content (AvgIpc) is 2.43. The van der Waals surface area contributed by atoms with Crippen molar-refractivity contribution in [1.82, 2.24) is 0 Å². The summed E-state index contributed by atoms with van der Waals surface area (Å²) < 4.78 is 1.28. The van der Waals surface area contributed by atoms with Gasteiger partial charge in [-0.2, -0.15) is 0 Å². The van der Waals surface area contributed by atoms with E-state index in [0.717, 1.165) is 12.8 Å². The van der Waals surface area contributed by atoms with Crippen molar-refractivity contribution in [1.29, 1.82) is 0 Å². The molecule has 0 fully saturated rings. The molecule has 0 N–H and O–H groups in total. The highest BCUT2D eigenvalue weighted by atomic mass is 79.9. The largest absolute Gasteiger partial charge is 0.103 e. The van der Waals surface area contributed by atoms with E-state index in [1.54, 1.807) is 0 Å². The average molecular weight is 309 g/mol. The fraction of sp³-hybridized carbons (Fsp3) is 0.750. The summed E-state index contributed by atoms with van der Waals surface area (Å²) in [6.07, 6.45) is 7.37. The zero-order valence-corrected chi connectivity index (χ0v) is 15.4. The van der Waals surface area contributed by atoms with Gasteiger partial charge in [-0.25, -0.2) is 0 Å². The second kappa shape index (κ2) is 56.4. The Bertz CT molecular complexity index is 104. The Hall–Kier alpha value is -0.0400. The summed E-state index contributed by atoms with van der Waals surface area (Å²) >= 11 is 3.34. The lowest BCUT2D eigenvalue weighted by Gasteiger charge is -1.82. The van der Waals surface area contributed by atoms with Gasteiger partial charge in [-0.3, -0.25) is 0 Å². The maximum absolute atomic E-state index is 3.48. The van der Waals surface area contributed by atoms with Crippen molar-refractivity contribution in [2.24, 2.45) is 0 Å². The maximum Gasteiger partial charge on any atom is -0.00947 e. The van der Waals surface area contributed by atoms with E-state index in [1.165, 1.54) is 10.9 Å². The topological polar surface area (TPSA) is 0 Å². The van der Waals surface area contributed by atoms with Crippen molar-refractivity contribution >= 4 is 15.9 Å². The van der Waals surface area contributed by atoms with Crippen LogP contribution in [0.15, 0.2) is 23.2 Å². The molecule has 0 radical (unpaired) electrons. The monoisotopic (exact) mass is 308 g/mol. The Morgan fingerprint density at radius 1 is 1.00 bits per heavy atom. The normalized spacial score (nSPS) is 7.53. The van der Waals surface area contributed by atoms with Crippen LogP contribution in [0.2, 0.25) is 0 Å². The highest BCUT2D eigenvalue weighted by molar-refractivity contribution is 9.11. The predicted octanol–water partition coefficient (Wildman–Crippen LogP) is 7.75. The van der Waals surface area contributed by atoms with Gasteiger partial charge in [-0.15, -0.1) is 6.58 Å². The molecule has 0 aliphatic carbocycles. The molecular weight excluding hydrogens is 272 g/mol. The highest BCUT2D eigenvalue weighted by Gasteiger charge is 1.75. The molecule has 0 amide bonds. The fourth-order valence-corrected chi connectivity index (χ4v) is 0.204. The van der Waals surface area contributed by atoms with E-state index in [4.69, 9.17) is 0 Å². The number of allylic oxidation sites excluding steroid dienone is 3. The van der Waals surface area contributed by atoms with Gasteiger partial charge in [-0.1, -0.05) is 89.9 Å². The first-order valence-electron chi connectivity index (χ1n) is 7.05. The summed E-state index contributed by atoms with van der Waals surface area (Å²) in [6.45, 7) is 21.9. The number of halogens is 1. The Morgan fingerprint density at radius 3 is 1.24 bits per heavy atom. The van der Waals surface area contributed by atoms with Crippen LogP contribution < -0.4 is 0 Å². The summed E-state index contributed by atoms with van der Waals surface area (Å²) in [6, 6.07) is 0. The summed E-state index contributed by atoms with van der Waals surface area (Å²) in [4.78, 5) is 0. The van der Waals surface area contributed by atoms with Crippen molar-refractivity contribution in [3.05, 3.63) is 23.2 Å². The molecule has 0 aliphatic rings. The van der Waals surface area contributed by atoms with Gasteiger partial charge in [0.15, 0.2) is 0 Å². The minimum Gasteiger partial charge on any atom is -0.103 e. The Balaban J connectivity index is -0.0000000385. The molecule has 0 bridgehead atoms. The molecular formula is C16H37Br. The molecule has 0 atom stereocenters. The molecule has 0 rings (SSSR count). The van der Waals surface area contributed by atoms with Crippen LogP contribution >= 0.6 is 15.9 Å². The molecule has 0 aromatic carbocycles. The molecule has 0 aromatic rings. The standard InChI is InChI=1S/C5H9Br.C4H8.C3H8.2C2H6/c1-3-5(6)4-2;1-3-4-2;1-3-2;2*1-2/h3H,4H2,1-2H3;3H,1,4H2,2H3;3H2,1-2H3;2*1-2H3/b5-3+;;;;. The van der Waals surface area contributed by atoms with Gasteiger partial charge in [0.1, 0.15) is 0 Å². The predicted molar refractivity (Wildman–Crippen MR) is 92.1 cm³/mol. The van der Waals surface area contributed by atoms with Gasteiger partial charge in [0.05, 0.1) is 0 Å². The second-order valence-corrected chi connectivity index (χ2v) is 3.51. The van der Waals surface area contributed by atoms with Gasteiger partial charge in [-0.05, 0) is 24.2 Å². The van der Waals surface area contributed by atoms with Crippen LogP contribution in [0.25, 0.3) is 0 Å². The lowest BCUT2D eigenvalue weighted by atomic mass is 10.4. The second-order valence-electron chi connectivity index (χ2n) is 2.49. The highest BCUT2D eigenvalue weighted by Crippen LogP contribution is 2.06. The lowest BCUT2D eigenvalue weighted by molar-refractivity contribution is 1.09. The van der Waals surface area contributed by atoms with E-state index in [9.17, 15) is 0 Å². The van der Waals surface area contributed by atoms with E-state index >= 15 is 0 Å². The van der Waals surface area contributed by atoms with Gasteiger partial charge in [0.25, 0.3) is 0 Å². The molecule has 0 nitrogen and oxygen atoms in total. The molecule has 108 valence electrons. The molecule has 1 heteroatoms. The third-order valence-corrected chi connectivity index (χ3v) is 1.96. The van der Waals surface area contributed by atoms with Crippen molar-refractivity contribution < 1.29 is 0 Å². The van der Waals surface area contributed by atoms with Crippen LogP contribution in [0.1, 0.15) is 81.6 Å². The van der Waals surface area contributed by atoms with E-state index in [1.807, 2.05) is 40.7 Å². The van der Waals surface area contributed by atoms with Gasteiger partial charge >= 0.3 is 0 Å². The van der Waals surface area contributed by atoms with Crippen molar-refractivity contribution in [2.45, 2.75) is 81.6 Å². The molecule has 0 aromatic heterocycles.